The highest BCUT2D eigenvalue weighted by Crippen LogP contribution is 2.20. The smallest absolute Gasteiger partial charge is 0.153 e. The SMILES string of the molecule is CC(NCC(C)(C)S(C)(=O)=O)c1ccc(F)cc1F. The molecule has 0 radical (unpaired) electrons. The molecule has 1 atom stereocenters. The van der Waals surface area contributed by atoms with Crippen LogP contribution in [0, 0.1) is 11.6 Å². The van der Waals surface area contributed by atoms with E-state index in [0.29, 0.717) is 5.56 Å². The van der Waals surface area contributed by atoms with Crippen LogP contribution in [-0.4, -0.2) is 26.0 Å². The molecule has 19 heavy (non-hydrogen) atoms. The first-order valence-corrected chi connectivity index (χ1v) is 7.81. The monoisotopic (exact) mass is 291 g/mol. The molecule has 0 spiro atoms. The highest BCUT2D eigenvalue weighted by molar-refractivity contribution is 7.92. The summed E-state index contributed by atoms with van der Waals surface area (Å²) in [6.45, 7) is 5.09. The fraction of sp³-hybridized carbons (Fsp3) is 0.538. The Hall–Kier alpha value is -1.01. The maximum Gasteiger partial charge on any atom is 0.153 e. The molecule has 1 unspecified atom stereocenters. The number of sulfone groups is 1. The summed E-state index contributed by atoms with van der Waals surface area (Å²) in [7, 11) is -3.21. The molecule has 0 heterocycles. The minimum atomic E-state index is -3.21. The molecule has 0 fully saturated rings. The van der Waals surface area contributed by atoms with Crippen molar-refractivity contribution in [3.8, 4) is 0 Å². The largest absolute Gasteiger partial charge is 0.309 e. The number of halogens is 2. The van der Waals surface area contributed by atoms with E-state index in [0.717, 1.165) is 12.3 Å². The minimum absolute atomic E-state index is 0.184. The maximum atomic E-state index is 13.6. The number of nitrogens with one attached hydrogen (secondary N) is 1. The lowest BCUT2D eigenvalue weighted by Crippen LogP contribution is -2.42. The molecule has 108 valence electrons. The van der Waals surface area contributed by atoms with Crippen LogP contribution in [-0.2, 0) is 9.84 Å². The van der Waals surface area contributed by atoms with E-state index in [1.54, 1.807) is 20.8 Å². The van der Waals surface area contributed by atoms with Crippen molar-refractivity contribution >= 4 is 9.84 Å². The fourth-order valence-electron chi connectivity index (χ4n) is 1.49. The van der Waals surface area contributed by atoms with Gasteiger partial charge in [0.2, 0.25) is 0 Å². The van der Waals surface area contributed by atoms with Gasteiger partial charge in [-0.3, -0.25) is 0 Å². The zero-order valence-corrected chi connectivity index (χ0v) is 12.3. The van der Waals surface area contributed by atoms with Crippen LogP contribution in [0.5, 0.6) is 0 Å². The molecule has 0 amide bonds. The Kier molecular flexibility index (Phi) is 4.68. The van der Waals surface area contributed by atoms with Gasteiger partial charge in [0.1, 0.15) is 11.6 Å². The molecular weight excluding hydrogens is 272 g/mol. The summed E-state index contributed by atoms with van der Waals surface area (Å²) < 4.78 is 48.5. The van der Waals surface area contributed by atoms with Crippen molar-refractivity contribution in [3.63, 3.8) is 0 Å². The van der Waals surface area contributed by atoms with Crippen LogP contribution in [0.25, 0.3) is 0 Å². The van der Waals surface area contributed by atoms with Crippen LogP contribution in [0.4, 0.5) is 8.78 Å². The number of benzene rings is 1. The van der Waals surface area contributed by atoms with E-state index in [1.165, 1.54) is 12.1 Å². The maximum absolute atomic E-state index is 13.6. The number of hydrogen-bond acceptors (Lipinski definition) is 3. The predicted molar refractivity (Wildman–Crippen MR) is 71.7 cm³/mol. The third-order valence-corrected chi connectivity index (χ3v) is 5.42. The lowest BCUT2D eigenvalue weighted by atomic mass is 10.1. The van der Waals surface area contributed by atoms with Crippen molar-refractivity contribution in [2.45, 2.75) is 31.6 Å². The van der Waals surface area contributed by atoms with Gasteiger partial charge < -0.3 is 5.32 Å². The summed E-state index contributed by atoms with van der Waals surface area (Å²) in [5.74, 6) is -1.28. The fourth-order valence-corrected chi connectivity index (χ4v) is 1.84. The normalized spacial score (nSPS) is 14.4. The zero-order valence-electron chi connectivity index (χ0n) is 11.5. The van der Waals surface area contributed by atoms with Crippen molar-refractivity contribution in [1.29, 1.82) is 0 Å². The van der Waals surface area contributed by atoms with E-state index in [9.17, 15) is 17.2 Å². The molecule has 3 nitrogen and oxygen atoms in total. The van der Waals surface area contributed by atoms with E-state index in [1.807, 2.05) is 0 Å². The van der Waals surface area contributed by atoms with Crippen LogP contribution in [0.15, 0.2) is 18.2 Å². The molecule has 0 aliphatic heterocycles. The summed E-state index contributed by atoms with van der Waals surface area (Å²) in [6, 6.07) is 2.95. The van der Waals surface area contributed by atoms with E-state index in [4.69, 9.17) is 0 Å². The molecule has 0 bridgehead atoms. The minimum Gasteiger partial charge on any atom is -0.309 e. The van der Waals surface area contributed by atoms with Crippen LogP contribution >= 0.6 is 0 Å². The highest BCUT2D eigenvalue weighted by Gasteiger charge is 2.30. The van der Waals surface area contributed by atoms with Crippen molar-refractivity contribution in [2.75, 3.05) is 12.8 Å². The molecule has 0 aliphatic rings. The topological polar surface area (TPSA) is 46.2 Å². The Morgan fingerprint density at radius 3 is 2.37 bits per heavy atom. The van der Waals surface area contributed by atoms with Crippen molar-refractivity contribution in [2.24, 2.45) is 0 Å². The third-order valence-electron chi connectivity index (χ3n) is 3.27. The van der Waals surface area contributed by atoms with Crippen LogP contribution < -0.4 is 5.32 Å². The standard InChI is InChI=1S/C13H19F2NO2S/c1-9(11-6-5-10(14)7-12(11)15)16-8-13(2,3)19(4,17)18/h5-7,9,16H,8H2,1-4H3. The van der Waals surface area contributed by atoms with Crippen LogP contribution in [0.1, 0.15) is 32.4 Å². The first-order chi connectivity index (χ1) is 8.54. The average Bonchev–Trinajstić information content (AvgIpc) is 2.24. The number of hydrogen-bond donors (Lipinski definition) is 1. The lowest BCUT2D eigenvalue weighted by Gasteiger charge is -2.25. The van der Waals surface area contributed by atoms with Gasteiger partial charge in [0.05, 0.1) is 4.75 Å². The van der Waals surface area contributed by atoms with Crippen molar-refractivity contribution in [3.05, 3.63) is 35.4 Å². The molecule has 1 aromatic rings. The molecule has 0 aliphatic carbocycles. The molecule has 1 rings (SSSR count). The van der Waals surface area contributed by atoms with E-state index in [-0.39, 0.29) is 6.54 Å². The Morgan fingerprint density at radius 1 is 1.32 bits per heavy atom. The Bertz CT molecular complexity index is 556. The molecule has 0 aromatic heterocycles. The van der Waals surface area contributed by atoms with Gasteiger partial charge in [-0.1, -0.05) is 6.07 Å². The van der Waals surface area contributed by atoms with E-state index < -0.39 is 32.3 Å². The molecule has 6 heteroatoms. The van der Waals surface area contributed by atoms with Crippen molar-refractivity contribution in [1.82, 2.24) is 5.32 Å². The Morgan fingerprint density at radius 2 is 1.89 bits per heavy atom. The first kappa shape index (κ1) is 16.0. The van der Waals surface area contributed by atoms with Crippen LogP contribution in [0.2, 0.25) is 0 Å². The third kappa shape index (κ3) is 3.98. The van der Waals surface area contributed by atoms with Gasteiger partial charge in [0.15, 0.2) is 9.84 Å². The summed E-state index contributed by atoms with van der Waals surface area (Å²) in [5, 5.41) is 2.96. The molecule has 1 N–H and O–H groups in total. The molecule has 0 saturated heterocycles. The van der Waals surface area contributed by atoms with Gasteiger partial charge in [-0.2, -0.15) is 0 Å². The second kappa shape index (κ2) is 5.54. The average molecular weight is 291 g/mol. The first-order valence-electron chi connectivity index (χ1n) is 5.92. The van der Waals surface area contributed by atoms with Crippen LogP contribution in [0.3, 0.4) is 0 Å². The highest BCUT2D eigenvalue weighted by atomic mass is 32.2. The Balaban J connectivity index is 2.79. The van der Waals surface area contributed by atoms with E-state index >= 15 is 0 Å². The summed E-state index contributed by atoms with van der Waals surface area (Å²) >= 11 is 0. The van der Waals surface area contributed by atoms with E-state index in [2.05, 4.69) is 5.32 Å². The zero-order chi connectivity index (χ0) is 14.8. The second-order valence-electron chi connectivity index (χ2n) is 5.30. The van der Waals surface area contributed by atoms with Gasteiger partial charge in [-0.15, -0.1) is 0 Å². The van der Waals surface area contributed by atoms with Gasteiger partial charge in [-0.05, 0) is 26.8 Å². The van der Waals surface area contributed by atoms with Gasteiger partial charge in [-0.25, -0.2) is 17.2 Å². The lowest BCUT2D eigenvalue weighted by molar-refractivity contribution is 0.473. The summed E-state index contributed by atoms with van der Waals surface area (Å²) in [6.07, 6.45) is 1.16. The van der Waals surface area contributed by atoms with Gasteiger partial charge in [0.25, 0.3) is 0 Å². The Labute approximate surface area is 112 Å². The van der Waals surface area contributed by atoms with Gasteiger partial charge in [0, 0.05) is 30.5 Å². The quantitative estimate of drug-likeness (QED) is 0.906. The van der Waals surface area contributed by atoms with Gasteiger partial charge >= 0.3 is 0 Å². The number of rotatable bonds is 5. The molecular formula is C13H19F2NO2S. The summed E-state index contributed by atoms with van der Waals surface area (Å²) in [4.78, 5) is 0. The summed E-state index contributed by atoms with van der Waals surface area (Å²) in [5.41, 5.74) is 0.311. The predicted octanol–water partition coefficient (Wildman–Crippen LogP) is 2.44. The molecule has 0 saturated carbocycles. The van der Waals surface area contributed by atoms with Crippen molar-refractivity contribution < 1.29 is 17.2 Å². The second-order valence-corrected chi connectivity index (χ2v) is 7.95. The molecule has 1 aromatic carbocycles.